The summed E-state index contributed by atoms with van der Waals surface area (Å²) in [7, 11) is 0. The van der Waals surface area contributed by atoms with Crippen molar-refractivity contribution < 1.29 is 19.5 Å². The smallest absolute Gasteiger partial charge is 0.247 e. The number of piperazine rings is 1. The molecule has 0 bridgehead atoms. The van der Waals surface area contributed by atoms with Gasteiger partial charge in [-0.25, -0.2) is 0 Å². The first-order valence-corrected chi connectivity index (χ1v) is 14.1. The lowest BCUT2D eigenvalue weighted by atomic mass is 9.84. The summed E-state index contributed by atoms with van der Waals surface area (Å²) in [5.41, 5.74) is 4.91. The van der Waals surface area contributed by atoms with Crippen molar-refractivity contribution in [2.45, 2.75) is 71.5 Å². The van der Waals surface area contributed by atoms with Crippen molar-refractivity contribution in [1.29, 1.82) is 0 Å². The van der Waals surface area contributed by atoms with Crippen molar-refractivity contribution in [1.82, 2.24) is 15.2 Å². The Balaban J connectivity index is 1.60. The second-order valence-electron chi connectivity index (χ2n) is 11.3. The molecule has 1 fully saturated rings. The third kappa shape index (κ3) is 5.12. The van der Waals surface area contributed by atoms with Gasteiger partial charge in [0, 0.05) is 28.9 Å². The fourth-order valence-corrected chi connectivity index (χ4v) is 6.33. The van der Waals surface area contributed by atoms with E-state index in [1.165, 1.54) is 11.1 Å². The van der Waals surface area contributed by atoms with Gasteiger partial charge in [0.15, 0.2) is 5.78 Å². The summed E-state index contributed by atoms with van der Waals surface area (Å²) in [6.45, 7) is 7.64. The number of ketones is 1. The maximum Gasteiger partial charge on any atom is 0.247 e. The molecule has 2 aromatic carbocycles. The fourth-order valence-electron chi connectivity index (χ4n) is 6.33. The van der Waals surface area contributed by atoms with Crippen LogP contribution in [-0.4, -0.2) is 44.7 Å². The van der Waals surface area contributed by atoms with Crippen LogP contribution in [0, 0.1) is 25.7 Å². The monoisotopic (exact) mass is 539 g/mol. The minimum absolute atomic E-state index is 0.0242. The number of aryl methyl sites for hydroxylation is 2. The molecule has 7 heteroatoms. The third-order valence-electron chi connectivity index (χ3n) is 8.62. The second kappa shape index (κ2) is 11.2. The molecule has 7 nitrogen and oxygen atoms in total. The lowest BCUT2D eigenvalue weighted by molar-refractivity contribution is -0.159. The number of pyridine rings is 1. The zero-order valence-electron chi connectivity index (χ0n) is 23.6. The Labute approximate surface area is 235 Å². The highest BCUT2D eigenvalue weighted by Crippen LogP contribution is 2.37. The standard InChI is InChI=1S/C33H37N3O4/c1-5-19(2)30-32(39)35-29(25-16-22-10-6-7-11-23(22)17-25)33(40)36(30)31(26-15-14-20(3)34-21(26)4)28(38)18-24-12-8-9-13-27(24)37/h6-15,19,25,29-31,37H,5,16-18H2,1-4H3,(H,35,39)/t19-,29+,30+,31?/m0/s1. The summed E-state index contributed by atoms with van der Waals surface area (Å²) in [6.07, 6.45) is 1.96. The third-order valence-corrected chi connectivity index (χ3v) is 8.62. The van der Waals surface area contributed by atoms with E-state index in [-0.39, 0.29) is 41.6 Å². The van der Waals surface area contributed by atoms with Crippen LogP contribution in [0.3, 0.4) is 0 Å². The highest BCUT2D eigenvalue weighted by molar-refractivity contribution is 6.01. The lowest BCUT2D eigenvalue weighted by Gasteiger charge is -2.46. The van der Waals surface area contributed by atoms with Gasteiger partial charge in [-0.1, -0.05) is 68.8 Å². The van der Waals surface area contributed by atoms with Gasteiger partial charge in [-0.2, -0.15) is 0 Å². The molecule has 5 rings (SSSR count). The summed E-state index contributed by atoms with van der Waals surface area (Å²) in [6, 6.07) is 16.0. The predicted octanol–water partition coefficient (Wildman–Crippen LogP) is 4.41. The van der Waals surface area contributed by atoms with E-state index in [1.807, 2.05) is 52.0 Å². The van der Waals surface area contributed by atoms with Crippen LogP contribution in [0.25, 0.3) is 0 Å². The lowest BCUT2D eigenvalue weighted by Crippen LogP contribution is -2.68. The Morgan fingerprint density at radius 2 is 1.68 bits per heavy atom. The average molecular weight is 540 g/mol. The number of nitrogens with zero attached hydrogens (tertiary/aromatic N) is 2. The number of benzene rings is 2. The largest absolute Gasteiger partial charge is 0.508 e. The molecular weight excluding hydrogens is 502 g/mol. The first-order valence-electron chi connectivity index (χ1n) is 14.1. The van der Waals surface area contributed by atoms with Gasteiger partial charge >= 0.3 is 0 Å². The molecule has 1 aliphatic heterocycles. The fraction of sp³-hybridized carbons (Fsp3) is 0.394. The number of amides is 2. The molecule has 0 spiro atoms. The SMILES string of the molecule is CC[C@H](C)[C@@H]1C(=O)N[C@H](C2Cc3ccccc3C2)C(=O)N1C(C(=O)Cc1ccccc1O)c1ccc(C)nc1C. The topological polar surface area (TPSA) is 99.6 Å². The molecule has 1 saturated heterocycles. The van der Waals surface area contributed by atoms with Crippen LogP contribution in [0.4, 0.5) is 0 Å². The molecule has 0 saturated carbocycles. The number of rotatable bonds is 8. The number of aromatic hydroxyl groups is 1. The molecule has 1 aromatic heterocycles. The number of fused-ring (bicyclic) bond motifs is 1. The summed E-state index contributed by atoms with van der Waals surface area (Å²) >= 11 is 0. The number of hydrogen-bond acceptors (Lipinski definition) is 5. The number of phenols is 1. The van der Waals surface area contributed by atoms with Gasteiger partial charge in [0.25, 0.3) is 0 Å². The van der Waals surface area contributed by atoms with Gasteiger partial charge in [0.1, 0.15) is 23.9 Å². The Kier molecular flexibility index (Phi) is 7.74. The summed E-state index contributed by atoms with van der Waals surface area (Å²) < 4.78 is 0. The number of Topliss-reactive ketones (excluding diaryl/α,β-unsaturated/α-hetero) is 1. The maximum atomic E-state index is 14.5. The number of carbonyl (C=O) groups excluding carboxylic acids is 3. The number of hydrogen-bond donors (Lipinski definition) is 2. The van der Waals surface area contributed by atoms with E-state index in [4.69, 9.17) is 0 Å². The first kappa shape index (κ1) is 27.6. The van der Waals surface area contributed by atoms with Crippen molar-refractivity contribution in [2.75, 3.05) is 0 Å². The Morgan fingerprint density at radius 1 is 1.02 bits per heavy atom. The molecular formula is C33H37N3O4. The summed E-state index contributed by atoms with van der Waals surface area (Å²) in [4.78, 5) is 48.8. The molecule has 2 amide bonds. The maximum absolute atomic E-state index is 14.5. The van der Waals surface area contributed by atoms with Gasteiger partial charge in [0.05, 0.1) is 0 Å². The van der Waals surface area contributed by atoms with Crippen molar-refractivity contribution in [3.05, 3.63) is 94.3 Å². The number of nitrogens with one attached hydrogen (secondary N) is 1. The molecule has 2 heterocycles. The molecule has 208 valence electrons. The molecule has 2 aliphatic rings. The Hall–Kier alpha value is -4.00. The van der Waals surface area contributed by atoms with E-state index >= 15 is 0 Å². The van der Waals surface area contributed by atoms with Crippen molar-refractivity contribution in [3.63, 3.8) is 0 Å². The Morgan fingerprint density at radius 3 is 2.30 bits per heavy atom. The highest BCUT2D eigenvalue weighted by Gasteiger charge is 2.50. The van der Waals surface area contributed by atoms with E-state index in [2.05, 4.69) is 22.4 Å². The minimum Gasteiger partial charge on any atom is -0.508 e. The molecule has 1 aliphatic carbocycles. The number of phenolic OH excluding ortho intramolecular Hbond substituents is 1. The predicted molar refractivity (Wildman–Crippen MR) is 153 cm³/mol. The van der Waals surface area contributed by atoms with Crippen LogP contribution in [-0.2, 0) is 33.6 Å². The summed E-state index contributed by atoms with van der Waals surface area (Å²) in [5.74, 6) is -0.979. The van der Waals surface area contributed by atoms with Gasteiger partial charge in [-0.15, -0.1) is 0 Å². The summed E-state index contributed by atoms with van der Waals surface area (Å²) in [5, 5.41) is 13.5. The molecule has 40 heavy (non-hydrogen) atoms. The second-order valence-corrected chi connectivity index (χ2v) is 11.3. The highest BCUT2D eigenvalue weighted by atomic mass is 16.3. The minimum atomic E-state index is -1.02. The number of carbonyl (C=O) groups is 3. The van der Waals surface area contributed by atoms with Crippen molar-refractivity contribution in [2.24, 2.45) is 11.8 Å². The van der Waals surface area contributed by atoms with Crippen LogP contribution < -0.4 is 5.32 Å². The van der Waals surface area contributed by atoms with E-state index in [1.54, 1.807) is 29.2 Å². The van der Waals surface area contributed by atoms with E-state index in [9.17, 15) is 19.5 Å². The van der Waals surface area contributed by atoms with Gasteiger partial charge in [0.2, 0.25) is 11.8 Å². The van der Waals surface area contributed by atoms with Gasteiger partial charge in [-0.05, 0) is 61.8 Å². The van der Waals surface area contributed by atoms with Crippen molar-refractivity contribution >= 4 is 17.6 Å². The molecule has 2 N–H and O–H groups in total. The normalized spacial score (nSPS) is 20.6. The number of para-hydroxylation sites is 1. The molecule has 1 unspecified atom stereocenters. The Bertz CT molecular complexity index is 1430. The van der Waals surface area contributed by atoms with Crippen LogP contribution >= 0.6 is 0 Å². The zero-order valence-corrected chi connectivity index (χ0v) is 23.6. The molecule has 3 aromatic rings. The van der Waals surface area contributed by atoms with Crippen LogP contribution in [0.15, 0.2) is 60.7 Å². The van der Waals surface area contributed by atoms with Crippen LogP contribution in [0.5, 0.6) is 5.75 Å². The van der Waals surface area contributed by atoms with Crippen molar-refractivity contribution in [3.8, 4) is 5.75 Å². The van der Waals surface area contributed by atoms with Gasteiger partial charge in [-0.3, -0.25) is 19.4 Å². The average Bonchev–Trinajstić information content (AvgIpc) is 3.36. The van der Waals surface area contributed by atoms with E-state index in [0.29, 0.717) is 36.1 Å². The molecule has 0 radical (unpaired) electrons. The van der Waals surface area contributed by atoms with E-state index in [0.717, 1.165) is 5.69 Å². The van der Waals surface area contributed by atoms with Crippen LogP contribution in [0.1, 0.15) is 60.0 Å². The van der Waals surface area contributed by atoms with Gasteiger partial charge < -0.3 is 15.3 Å². The first-order chi connectivity index (χ1) is 19.2. The molecule has 4 atom stereocenters. The van der Waals surface area contributed by atoms with Crippen LogP contribution in [0.2, 0.25) is 0 Å². The van der Waals surface area contributed by atoms with E-state index < -0.39 is 18.1 Å². The quantitative estimate of drug-likeness (QED) is 0.442. The number of aromatic nitrogens is 1. The zero-order chi connectivity index (χ0) is 28.6.